The quantitative estimate of drug-likeness (QED) is 0.822. The second-order valence-corrected chi connectivity index (χ2v) is 7.19. The normalized spacial score (nSPS) is 22.2. The Morgan fingerprint density at radius 2 is 2.19 bits per heavy atom. The van der Waals surface area contributed by atoms with Crippen LogP contribution in [0.15, 0.2) is 4.47 Å². The zero-order chi connectivity index (χ0) is 15.5. The van der Waals surface area contributed by atoms with Crippen LogP contribution in [0.3, 0.4) is 0 Å². The van der Waals surface area contributed by atoms with Gasteiger partial charge in [0, 0.05) is 19.0 Å². The van der Waals surface area contributed by atoms with Gasteiger partial charge < -0.3 is 10.4 Å². The van der Waals surface area contributed by atoms with Crippen molar-refractivity contribution in [3.05, 3.63) is 15.9 Å². The molecule has 4 nitrogen and oxygen atoms in total. The van der Waals surface area contributed by atoms with E-state index in [1.807, 2.05) is 11.6 Å². The summed E-state index contributed by atoms with van der Waals surface area (Å²) < 4.78 is 3.09. The van der Waals surface area contributed by atoms with Gasteiger partial charge in [-0.3, -0.25) is 4.68 Å². The van der Waals surface area contributed by atoms with Crippen molar-refractivity contribution in [3.63, 3.8) is 0 Å². The van der Waals surface area contributed by atoms with Crippen LogP contribution < -0.4 is 5.32 Å². The number of rotatable bonds is 6. The first-order valence-electron chi connectivity index (χ1n) is 8.16. The van der Waals surface area contributed by atoms with Crippen LogP contribution in [0.5, 0.6) is 0 Å². The van der Waals surface area contributed by atoms with Gasteiger partial charge >= 0.3 is 0 Å². The number of hydrogen-bond donors (Lipinski definition) is 2. The molecule has 0 bridgehead atoms. The van der Waals surface area contributed by atoms with Crippen molar-refractivity contribution in [3.8, 4) is 0 Å². The van der Waals surface area contributed by atoms with Crippen LogP contribution in [0.2, 0.25) is 0 Å². The molecule has 1 aliphatic heterocycles. The van der Waals surface area contributed by atoms with E-state index < -0.39 is 5.60 Å². The highest BCUT2D eigenvalue weighted by Gasteiger charge is 2.29. The Morgan fingerprint density at radius 1 is 1.43 bits per heavy atom. The van der Waals surface area contributed by atoms with Crippen molar-refractivity contribution in [2.45, 2.75) is 77.5 Å². The minimum Gasteiger partial charge on any atom is -0.390 e. The summed E-state index contributed by atoms with van der Waals surface area (Å²) in [4.78, 5) is 0. The molecule has 2 unspecified atom stereocenters. The van der Waals surface area contributed by atoms with Crippen molar-refractivity contribution in [1.29, 1.82) is 0 Å². The largest absolute Gasteiger partial charge is 0.390 e. The van der Waals surface area contributed by atoms with Gasteiger partial charge in [0.1, 0.15) is 0 Å². The number of aryl methyl sites for hydroxylation is 2. The summed E-state index contributed by atoms with van der Waals surface area (Å²) in [6.07, 6.45) is 6.05. The summed E-state index contributed by atoms with van der Waals surface area (Å²) in [5.41, 5.74) is 1.50. The number of nitrogens with zero attached hydrogens (tertiary/aromatic N) is 2. The first-order valence-corrected chi connectivity index (χ1v) is 8.96. The van der Waals surface area contributed by atoms with Gasteiger partial charge in [0.2, 0.25) is 0 Å². The highest BCUT2D eigenvalue weighted by Crippen LogP contribution is 2.29. The van der Waals surface area contributed by atoms with Crippen molar-refractivity contribution < 1.29 is 5.11 Å². The van der Waals surface area contributed by atoms with Gasteiger partial charge in [-0.25, -0.2) is 0 Å². The maximum atomic E-state index is 10.8. The summed E-state index contributed by atoms with van der Waals surface area (Å²) in [5.74, 6) is 0. The Hall–Kier alpha value is -0.390. The Labute approximate surface area is 136 Å². The summed E-state index contributed by atoms with van der Waals surface area (Å²) in [6, 6.07) is 0.441. The van der Waals surface area contributed by atoms with E-state index in [9.17, 15) is 5.11 Å². The molecule has 0 radical (unpaired) electrons. The lowest BCUT2D eigenvalue weighted by atomic mass is 9.88. The number of hydrogen-bond acceptors (Lipinski definition) is 3. The highest BCUT2D eigenvalue weighted by molar-refractivity contribution is 9.10. The lowest BCUT2D eigenvalue weighted by Crippen LogP contribution is -2.42. The van der Waals surface area contributed by atoms with Crippen LogP contribution in [-0.4, -0.2) is 33.1 Å². The number of aliphatic hydroxyl groups is 1. The fraction of sp³-hybridized carbons (Fsp3) is 0.812. The Balaban J connectivity index is 2.09. The Bertz CT molecular complexity index is 464. The second-order valence-electron chi connectivity index (χ2n) is 6.40. The van der Waals surface area contributed by atoms with Gasteiger partial charge in [-0.15, -0.1) is 0 Å². The van der Waals surface area contributed by atoms with E-state index in [0.29, 0.717) is 12.5 Å². The molecule has 1 aromatic rings. The zero-order valence-corrected chi connectivity index (χ0v) is 15.0. The van der Waals surface area contributed by atoms with Crippen LogP contribution >= 0.6 is 15.9 Å². The van der Waals surface area contributed by atoms with E-state index in [2.05, 4.69) is 40.2 Å². The van der Waals surface area contributed by atoms with Gasteiger partial charge in [-0.05, 0) is 62.0 Å². The smallest absolute Gasteiger partial charge is 0.0766 e. The Morgan fingerprint density at radius 3 is 2.76 bits per heavy atom. The van der Waals surface area contributed by atoms with Gasteiger partial charge in [-0.1, -0.05) is 13.3 Å². The first kappa shape index (κ1) is 17.0. The van der Waals surface area contributed by atoms with E-state index in [4.69, 9.17) is 0 Å². The summed E-state index contributed by atoms with van der Waals surface area (Å²) in [6.45, 7) is 8.08. The topological polar surface area (TPSA) is 50.1 Å². The fourth-order valence-electron chi connectivity index (χ4n) is 3.25. The fourth-order valence-corrected chi connectivity index (χ4v) is 3.95. The van der Waals surface area contributed by atoms with Gasteiger partial charge in [-0.2, -0.15) is 5.10 Å². The highest BCUT2D eigenvalue weighted by atomic mass is 79.9. The van der Waals surface area contributed by atoms with Gasteiger partial charge in [0.15, 0.2) is 0 Å². The van der Waals surface area contributed by atoms with E-state index in [1.54, 1.807) is 0 Å². The molecule has 2 rings (SSSR count). The van der Waals surface area contributed by atoms with E-state index in [-0.39, 0.29) is 0 Å². The molecule has 2 heterocycles. The third kappa shape index (κ3) is 4.30. The van der Waals surface area contributed by atoms with Crippen molar-refractivity contribution in [1.82, 2.24) is 15.1 Å². The SMILES string of the molecule is CCc1nn(CC)c(CC(C)(O)CC2CCCCN2)c1Br. The lowest BCUT2D eigenvalue weighted by molar-refractivity contribution is 0.0351. The van der Waals surface area contributed by atoms with E-state index in [0.717, 1.165) is 41.8 Å². The standard InChI is InChI=1S/C16H28BrN3O/c1-4-13-15(17)14(20(5-2)19-13)11-16(3,21)10-12-8-6-7-9-18-12/h12,18,21H,4-11H2,1-3H3. The van der Waals surface area contributed by atoms with E-state index >= 15 is 0 Å². The summed E-state index contributed by atoms with van der Waals surface area (Å²) in [5, 5.41) is 19.0. The number of piperidine rings is 1. The molecule has 1 aromatic heterocycles. The molecule has 120 valence electrons. The van der Waals surface area contributed by atoms with Crippen molar-refractivity contribution in [2.24, 2.45) is 0 Å². The molecule has 0 spiro atoms. The number of aromatic nitrogens is 2. The molecular weight excluding hydrogens is 330 g/mol. The second kappa shape index (κ2) is 7.25. The lowest BCUT2D eigenvalue weighted by Gasteiger charge is -2.31. The molecular formula is C16H28BrN3O. The maximum Gasteiger partial charge on any atom is 0.0766 e. The molecule has 1 aliphatic rings. The van der Waals surface area contributed by atoms with Crippen LogP contribution in [0.1, 0.15) is 57.8 Å². The molecule has 0 amide bonds. The molecule has 2 atom stereocenters. The summed E-state index contributed by atoms with van der Waals surface area (Å²) >= 11 is 3.67. The third-order valence-corrected chi connectivity index (χ3v) is 5.26. The molecule has 0 saturated carbocycles. The molecule has 5 heteroatoms. The predicted octanol–water partition coefficient (Wildman–Crippen LogP) is 3.05. The summed E-state index contributed by atoms with van der Waals surface area (Å²) in [7, 11) is 0. The minimum absolute atomic E-state index is 0.441. The zero-order valence-electron chi connectivity index (χ0n) is 13.5. The van der Waals surface area contributed by atoms with E-state index in [1.165, 1.54) is 19.3 Å². The molecule has 0 aromatic carbocycles. The van der Waals surface area contributed by atoms with Crippen molar-refractivity contribution >= 4 is 15.9 Å². The van der Waals surface area contributed by atoms with Gasteiger partial charge in [0.25, 0.3) is 0 Å². The average molecular weight is 358 g/mol. The van der Waals surface area contributed by atoms with Crippen LogP contribution in [0.25, 0.3) is 0 Å². The number of nitrogens with one attached hydrogen (secondary N) is 1. The Kier molecular flexibility index (Phi) is 5.86. The van der Waals surface area contributed by atoms with Crippen molar-refractivity contribution in [2.75, 3.05) is 6.54 Å². The molecule has 2 N–H and O–H groups in total. The first-order chi connectivity index (χ1) is 9.96. The average Bonchev–Trinajstić information content (AvgIpc) is 2.75. The van der Waals surface area contributed by atoms with Crippen LogP contribution in [0, 0.1) is 0 Å². The molecule has 1 fully saturated rings. The predicted molar refractivity (Wildman–Crippen MR) is 89.6 cm³/mol. The molecule has 21 heavy (non-hydrogen) atoms. The monoisotopic (exact) mass is 357 g/mol. The molecule has 0 aliphatic carbocycles. The molecule has 1 saturated heterocycles. The van der Waals surface area contributed by atoms with Gasteiger partial charge in [0.05, 0.1) is 21.5 Å². The van der Waals surface area contributed by atoms with Crippen LogP contribution in [-0.2, 0) is 19.4 Å². The third-order valence-electron chi connectivity index (χ3n) is 4.34. The minimum atomic E-state index is -0.699. The maximum absolute atomic E-state index is 10.8. The van der Waals surface area contributed by atoms with Crippen LogP contribution in [0.4, 0.5) is 0 Å². The number of halogens is 1.